The van der Waals surface area contributed by atoms with Crippen LogP contribution >= 0.6 is 11.8 Å². The Hall–Kier alpha value is -0.620. The third kappa shape index (κ3) is 3.59. The SMILES string of the molecule is CCNC1CCC2(CC1Sc1cccc(F)c1)OCCO2. The number of rotatable bonds is 4. The summed E-state index contributed by atoms with van der Waals surface area (Å²) in [7, 11) is 0. The van der Waals surface area contributed by atoms with Gasteiger partial charge < -0.3 is 14.8 Å². The summed E-state index contributed by atoms with van der Waals surface area (Å²) in [6, 6.07) is 7.24. The molecule has 1 spiro atoms. The lowest BCUT2D eigenvalue weighted by Gasteiger charge is -2.41. The molecule has 3 nitrogen and oxygen atoms in total. The Kier molecular flexibility index (Phi) is 4.84. The van der Waals surface area contributed by atoms with Crippen LogP contribution in [0.2, 0.25) is 0 Å². The third-order valence-corrected chi connectivity index (χ3v) is 5.48. The Morgan fingerprint density at radius 1 is 1.38 bits per heavy atom. The van der Waals surface area contributed by atoms with E-state index in [1.54, 1.807) is 23.9 Å². The fraction of sp³-hybridized carbons (Fsp3) is 0.625. The van der Waals surface area contributed by atoms with Crippen LogP contribution in [-0.4, -0.2) is 36.8 Å². The largest absolute Gasteiger partial charge is 0.347 e. The molecule has 116 valence electrons. The highest BCUT2D eigenvalue weighted by atomic mass is 32.2. The molecule has 2 atom stereocenters. The molecule has 5 heteroatoms. The number of hydrogen-bond donors (Lipinski definition) is 1. The van der Waals surface area contributed by atoms with Crippen LogP contribution in [0.15, 0.2) is 29.2 Å². The average Bonchev–Trinajstić information content (AvgIpc) is 2.91. The van der Waals surface area contributed by atoms with Crippen molar-refractivity contribution in [2.45, 2.75) is 48.2 Å². The zero-order chi connectivity index (χ0) is 14.7. The molecule has 0 aromatic heterocycles. The highest BCUT2D eigenvalue weighted by molar-refractivity contribution is 8.00. The van der Waals surface area contributed by atoms with Gasteiger partial charge in [0, 0.05) is 29.0 Å². The summed E-state index contributed by atoms with van der Waals surface area (Å²) in [5.74, 6) is -0.587. The number of thioether (sulfide) groups is 1. The molecular weight excluding hydrogens is 289 g/mol. The Balaban J connectivity index is 1.73. The number of hydrogen-bond acceptors (Lipinski definition) is 4. The molecule has 2 fully saturated rings. The molecule has 1 aliphatic heterocycles. The molecule has 2 unspecified atom stereocenters. The van der Waals surface area contributed by atoms with Crippen LogP contribution in [0.4, 0.5) is 4.39 Å². The van der Waals surface area contributed by atoms with Crippen LogP contribution in [0.1, 0.15) is 26.2 Å². The minimum absolute atomic E-state index is 0.182. The summed E-state index contributed by atoms with van der Waals surface area (Å²) in [6.07, 6.45) is 2.82. The summed E-state index contributed by atoms with van der Waals surface area (Å²) >= 11 is 1.73. The van der Waals surface area contributed by atoms with Crippen LogP contribution in [0, 0.1) is 5.82 Å². The van der Waals surface area contributed by atoms with Crippen molar-refractivity contribution >= 4 is 11.8 Å². The Bertz CT molecular complexity index is 479. The molecule has 0 bridgehead atoms. The smallest absolute Gasteiger partial charge is 0.169 e. The number of nitrogens with one attached hydrogen (secondary N) is 1. The van der Waals surface area contributed by atoms with E-state index in [2.05, 4.69) is 12.2 Å². The average molecular weight is 311 g/mol. The summed E-state index contributed by atoms with van der Waals surface area (Å²) in [4.78, 5) is 0.970. The van der Waals surface area contributed by atoms with E-state index in [0.717, 1.165) is 30.7 Å². The second kappa shape index (κ2) is 6.65. The number of ether oxygens (including phenoxy) is 2. The van der Waals surface area contributed by atoms with Gasteiger partial charge in [-0.3, -0.25) is 0 Å². The zero-order valence-electron chi connectivity index (χ0n) is 12.3. The normalized spacial score (nSPS) is 28.1. The van der Waals surface area contributed by atoms with Crippen LogP contribution < -0.4 is 5.32 Å². The molecule has 1 aromatic rings. The van der Waals surface area contributed by atoms with E-state index in [9.17, 15) is 4.39 Å². The lowest BCUT2D eigenvalue weighted by molar-refractivity contribution is -0.178. The molecule has 0 amide bonds. The molecule has 1 aliphatic carbocycles. The van der Waals surface area contributed by atoms with E-state index >= 15 is 0 Å². The molecule has 1 saturated carbocycles. The van der Waals surface area contributed by atoms with Crippen molar-refractivity contribution in [1.82, 2.24) is 5.32 Å². The summed E-state index contributed by atoms with van der Waals surface area (Å²) in [6.45, 7) is 4.43. The molecule has 21 heavy (non-hydrogen) atoms. The van der Waals surface area contributed by atoms with E-state index in [0.29, 0.717) is 24.5 Å². The van der Waals surface area contributed by atoms with Gasteiger partial charge in [-0.05, 0) is 31.2 Å². The van der Waals surface area contributed by atoms with Crippen molar-refractivity contribution in [2.24, 2.45) is 0 Å². The standard InChI is InChI=1S/C16H22FNO2S/c1-2-18-14-6-7-16(19-8-9-20-16)11-15(14)21-13-5-3-4-12(17)10-13/h3-5,10,14-15,18H,2,6-9,11H2,1H3. The van der Waals surface area contributed by atoms with Crippen molar-refractivity contribution in [2.75, 3.05) is 19.8 Å². The van der Waals surface area contributed by atoms with E-state index in [1.165, 1.54) is 6.07 Å². The summed E-state index contributed by atoms with van der Waals surface area (Å²) in [5, 5.41) is 3.88. The van der Waals surface area contributed by atoms with E-state index in [1.807, 2.05) is 6.07 Å². The van der Waals surface area contributed by atoms with Gasteiger partial charge in [-0.1, -0.05) is 13.0 Å². The first-order valence-corrected chi connectivity index (χ1v) is 8.52. The molecule has 3 rings (SSSR count). The van der Waals surface area contributed by atoms with Gasteiger partial charge in [0.1, 0.15) is 5.82 Å². The lowest BCUT2D eigenvalue weighted by Crippen LogP contribution is -2.49. The van der Waals surface area contributed by atoms with Crippen molar-refractivity contribution < 1.29 is 13.9 Å². The van der Waals surface area contributed by atoms with Gasteiger partial charge in [0.2, 0.25) is 0 Å². The quantitative estimate of drug-likeness (QED) is 0.925. The van der Waals surface area contributed by atoms with Gasteiger partial charge in [0.05, 0.1) is 13.2 Å². The van der Waals surface area contributed by atoms with Crippen molar-refractivity contribution in [3.05, 3.63) is 30.1 Å². The third-order valence-electron chi connectivity index (χ3n) is 4.16. The van der Waals surface area contributed by atoms with Gasteiger partial charge in [-0.25, -0.2) is 4.39 Å². The second-order valence-electron chi connectivity index (χ2n) is 5.63. The minimum atomic E-state index is -0.406. The first-order valence-electron chi connectivity index (χ1n) is 7.64. The fourth-order valence-corrected chi connectivity index (χ4v) is 4.63. The molecule has 1 saturated heterocycles. The van der Waals surface area contributed by atoms with E-state index in [4.69, 9.17) is 9.47 Å². The predicted molar refractivity (Wildman–Crippen MR) is 82.0 cm³/mol. The van der Waals surface area contributed by atoms with E-state index in [-0.39, 0.29) is 5.82 Å². The molecular formula is C16H22FNO2S. The minimum Gasteiger partial charge on any atom is -0.347 e. The maximum Gasteiger partial charge on any atom is 0.169 e. The van der Waals surface area contributed by atoms with Crippen molar-refractivity contribution in [3.8, 4) is 0 Å². The van der Waals surface area contributed by atoms with Crippen LogP contribution in [-0.2, 0) is 9.47 Å². The first-order chi connectivity index (χ1) is 10.2. The van der Waals surface area contributed by atoms with Gasteiger partial charge >= 0.3 is 0 Å². The van der Waals surface area contributed by atoms with Gasteiger partial charge in [-0.2, -0.15) is 0 Å². The molecule has 1 N–H and O–H groups in total. The topological polar surface area (TPSA) is 30.5 Å². The van der Waals surface area contributed by atoms with Gasteiger partial charge in [0.15, 0.2) is 5.79 Å². The molecule has 2 aliphatic rings. The van der Waals surface area contributed by atoms with Crippen molar-refractivity contribution in [3.63, 3.8) is 0 Å². The molecule has 1 aromatic carbocycles. The van der Waals surface area contributed by atoms with Gasteiger partial charge in [-0.15, -0.1) is 11.8 Å². The molecule has 1 heterocycles. The highest BCUT2D eigenvalue weighted by Gasteiger charge is 2.45. The molecule has 0 radical (unpaired) electrons. The zero-order valence-corrected chi connectivity index (χ0v) is 13.1. The van der Waals surface area contributed by atoms with Crippen LogP contribution in [0.5, 0.6) is 0 Å². The Labute approximate surface area is 129 Å². The van der Waals surface area contributed by atoms with Crippen LogP contribution in [0.3, 0.4) is 0 Å². The van der Waals surface area contributed by atoms with E-state index < -0.39 is 5.79 Å². The fourth-order valence-electron chi connectivity index (χ4n) is 3.21. The van der Waals surface area contributed by atoms with Crippen LogP contribution in [0.25, 0.3) is 0 Å². The highest BCUT2D eigenvalue weighted by Crippen LogP contribution is 2.42. The number of benzene rings is 1. The Morgan fingerprint density at radius 3 is 2.90 bits per heavy atom. The first kappa shape index (κ1) is 15.3. The van der Waals surface area contributed by atoms with Gasteiger partial charge in [0.25, 0.3) is 0 Å². The number of halogens is 1. The Morgan fingerprint density at radius 2 is 2.19 bits per heavy atom. The monoisotopic (exact) mass is 311 g/mol. The lowest BCUT2D eigenvalue weighted by atomic mass is 9.89. The maximum absolute atomic E-state index is 13.4. The summed E-state index contributed by atoms with van der Waals surface area (Å²) in [5.41, 5.74) is 0. The second-order valence-corrected chi connectivity index (χ2v) is 6.94. The van der Waals surface area contributed by atoms with Crippen molar-refractivity contribution in [1.29, 1.82) is 0 Å². The predicted octanol–water partition coefficient (Wildman–Crippen LogP) is 3.19. The summed E-state index contributed by atoms with van der Waals surface area (Å²) < 4.78 is 25.1. The maximum atomic E-state index is 13.4.